The fourth-order valence-corrected chi connectivity index (χ4v) is 4.11. The predicted molar refractivity (Wildman–Crippen MR) is 58.4 cm³/mol. The Morgan fingerprint density at radius 1 is 1.27 bits per heavy atom. The molecule has 2 aliphatic rings. The predicted octanol–water partition coefficient (Wildman–Crippen LogP) is -0.0775. The van der Waals surface area contributed by atoms with Crippen molar-refractivity contribution in [3.05, 3.63) is 0 Å². The summed E-state index contributed by atoms with van der Waals surface area (Å²) in [5, 5.41) is 12.9. The zero-order chi connectivity index (χ0) is 11.3. The van der Waals surface area contributed by atoms with E-state index in [0.717, 1.165) is 0 Å². The lowest BCUT2D eigenvalue weighted by molar-refractivity contribution is 0.142. The average Bonchev–Trinajstić information content (AvgIpc) is 2.79. The van der Waals surface area contributed by atoms with Gasteiger partial charge in [-0.05, 0) is 32.6 Å². The molecular weight excluding hydrogens is 214 g/mol. The first-order valence-corrected chi connectivity index (χ1v) is 7.28. The van der Waals surface area contributed by atoms with Gasteiger partial charge in [0.05, 0.1) is 17.6 Å². The summed E-state index contributed by atoms with van der Waals surface area (Å²) < 4.78 is 22.6. The van der Waals surface area contributed by atoms with Crippen molar-refractivity contribution in [3.63, 3.8) is 0 Å². The summed E-state index contributed by atoms with van der Waals surface area (Å²) in [5.41, 5.74) is -0.0501. The summed E-state index contributed by atoms with van der Waals surface area (Å²) in [4.78, 5) is 0. The normalized spacial score (nSPS) is 35.7. The number of nitrogens with one attached hydrogen (secondary N) is 1. The van der Waals surface area contributed by atoms with Crippen molar-refractivity contribution in [2.45, 2.75) is 44.4 Å². The van der Waals surface area contributed by atoms with Crippen molar-refractivity contribution < 1.29 is 13.5 Å². The molecule has 88 valence electrons. The minimum atomic E-state index is -3.03. The third-order valence-electron chi connectivity index (χ3n) is 3.48. The first-order valence-electron chi connectivity index (χ1n) is 5.46. The highest BCUT2D eigenvalue weighted by atomic mass is 32.2. The van der Waals surface area contributed by atoms with Gasteiger partial charge < -0.3 is 10.4 Å². The van der Waals surface area contributed by atoms with Crippen molar-refractivity contribution in [3.8, 4) is 0 Å². The van der Waals surface area contributed by atoms with Gasteiger partial charge in [-0.3, -0.25) is 0 Å². The molecule has 1 aliphatic heterocycles. The van der Waals surface area contributed by atoms with E-state index in [-0.39, 0.29) is 23.1 Å². The number of sulfone groups is 1. The van der Waals surface area contributed by atoms with E-state index in [1.807, 2.05) is 0 Å². The summed E-state index contributed by atoms with van der Waals surface area (Å²) in [6, 6.07) is -0.286. The highest BCUT2D eigenvalue weighted by Gasteiger charge is 2.43. The summed E-state index contributed by atoms with van der Waals surface area (Å²) in [7, 11) is -3.03. The Labute approximate surface area is 91.0 Å². The molecule has 0 bridgehead atoms. The standard InChI is InChI=1S/C10H19NO3S/c1-10(2,7-3-4-7)11-8-5-15(13,14)6-9(8)12/h7-9,11-12H,3-6H2,1-2H3. The molecule has 1 heterocycles. The van der Waals surface area contributed by atoms with E-state index in [2.05, 4.69) is 19.2 Å². The van der Waals surface area contributed by atoms with Gasteiger partial charge in [-0.1, -0.05) is 0 Å². The number of rotatable bonds is 3. The largest absolute Gasteiger partial charge is 0.390 e. The molecular formula is C10H19NO3S. The summed E-state index contributed by atoms with van der Waals surface area (Å²) in [6.07, 6.45) is 1.67. The van der Waals surface area contributed by atoms with Gasteiger partial charge in [-0.15, -0.1) is 0 Å². The monoisotopic (exact) mass is 233 g/mol. The molecule has 1 saturated heterocycles. The van der Waals surface area contributed by atoms with Crippen LogP contribution in [0.25, 0.3) is 0 Å². The minimum Gasteiger partial charge on any atom is -0.390 e. The van der Waals surface area contributed by atoms with Gasteiger partial charge >= 0.3 is 0 Å². The highest BCUT2D eigenvalue weighted by Crippen LogP contribution is 2.39. The number of hydrogen-bond donors (Lipinski definition) is 2. The summed E-state index contributed by atoms with van der Waals surface area (Å²) in [6.45, 7) is 4.17. The molecule has 0 spiro atoms. The molecule has 15 heavy (non-hydrogen) atoms. The zero-order valence-corrected chi connectivity index (χ0v) is 10.0. The number of aliphatic hydroxyl groups excluding tert-OH is 1. The van der Waals surface area contributed by atoms with E-state index in [1.54, 1.807) is 0 Å². The molecule has 2 atom stereocenters. The van der Waals surface area contributed by atoms with Gasteiger partial charge in [-0.2, -0.15) is 0 Å². The van der Waals surface area contributed by atoms with Crippen LogP contribution in [0, 0.1) is 5.92 Å². The maximum absolute atomic E-state index is 11.3. The van der Waals surface area contributed by atoms with Gasteiger partial charge in [0.2, 0.25) is 0 Å². The van der Waals surface area contributed by atoms with Gasteiger partial charge in [-0.25, -0.2) is 8.42 Å². The molecule has 0 radical (unpaired) electrons. The van der Waals surface area contributed by atoms with Gasteiger partial charge in [0.15, 0.2) is 9.84 Å². The lowest BCUT2D eigenvalue weighted by Crippen LogP contribution is -2.52. The quantitative estimate of drug-likeness (QED) is 0.716. The number of hydrogen-bond acceptors (Lipinski definition) is 4. The second-order valence-electron chi connectivity index (χ2n) is 5.39. The van der Waals surface area contributed by atoms with Crippen molar-refractivity contribution in [1.82, 2.24) is 5.32 Å². The molecule has 0 amide bonds. The van der Waals surface area contributed by atoms with Gasteiger partial charge in [0.25, 0.3) is 0 Å². The second kappa shape index (κ2) is 3.43. The van der Waals surface area contributed by atoms with Crippen LogP contribution in [0.1, 0.15) is 26.7 Å². The maximum Gasteiger partial charge on any atom is 0.154 e. The molecule has 0 aromatic carbocycles. The van der Waals surface area contributed by atoms with E-state index in [4.69, 9.17) is 0 Å². The Kier molecular flexibility index (Phi) is 2.60. The fourth-order valence-electron chi connectivity index (χ4n) is 2.37. The molecule has 5 heteroatoms. The van der Waals surface area contributed by atoms with E-state index in [1.165, 1.54) is 12.8 Å². The van der Waals surface area contributed by atoms with E-state index < -0.39 is 15.9 Å². The Hall–Kier alpha value is -0.130. The smallest absolute Gasteiger partial charge is 0.154 e. The van der Waals surface area contributed by atoms with Crippen LogP contribution in [0.2, 0.25) is 0 Å². The van der Waals surface area contributed by atoms with Crippen LogP contribution in [-0.4, -0.2) is 42.7 Å². The summed E-state index contributed by atoms with van der Waals surface area (Å²) >= 11 is 0. The van der Waals surface area contributed by atoms with Crippen LogP contribution in [-0.2, 0) is 9.84 Å². The Balaban J connectivity index is 2.00. The molecule has 0 aromatic heterocycles. The minimum absolute atomic E-state index is 0.0501. The topological polar surface area (TPSA) is 66.4 Å². The lowest BCUT2D eigenvalue weighted by Gasteiger charge is -2.31. The van der Waals surface area contributed by atoms with E-state index >= 15 is 0 Å². The van der Waals surface area contributed by atoms with Crippen molar-refractivity contribution in [1.29, 1.82) is 0 Å². The van der Waals surface area contributed by atoms with Crippen molar-refractivity contribution >= 4 is 9.84 Å². The van der Waals surface area contributed by atoms with Crippen LogP contribution in [0.15, 0.2) is 0 Å². The van der Waals surface area contributed by atoms with Crippen LogP contribution < -0.4 is 5.32 Å². The molecule has 2 fully saturated rings. The third kappa shape index (κ3) is 2.52. The molecule has 2 N–H and O–H groups in total. The maximum atomic E-state index is 11.3. The fraction of sp³-hybridized carbons (Fsp3) is 1.00. The van der Waals surface area contributed by atoms with E-state index in [0.29, 0.717) is 5.92 Å². The van der Waals surface area contributed by atoms with Crippen molar-refractivity contribution in [2.24, 2.45) is 5.92 Å². The lowest BCUT2D eigenvalue weighted by atomic mass is 9.97. The summed E-state index contributed by atoms with van der Waals surface area (Å²) in [5.74, 6) is 0.614. The van der Waals surface area contributed by atoms with Gasteiger partial charge in [0, 0.05) is 11.6 Å². The van der Waals surface area contributed by atoms with Crippen LogP contribution in [0.3, 0.4) is 0 Å². The first kappa shape index (κ1) is 11.4. The highest BCUT2D eigenvalue weighted by molar-refractivity contribution is 7.91. The Morgan fingerprint density at radius 3 is 2.27 bits per heavy atom. The number of aliphatic hydroxyl groups is 1. The molecule has 2 unspecified atom stereocenters. The second-order valence-corrected chi connectivity index (χ2v) is 7.54. The molecule has 2 rings (SSSR count). The van der Waals surface area contributed by atoms with E-state index in [9.17, 15) is 13.5 Å². The third-order valence-corrected chi connectivity index (χ3v) is 5.19. The van der Waals surface area contributed by atoms with Crippen molar-refractivity contribution in [2.75, 3.05) is 11.5 Å². The zero-order valence-electron chi connectivity index (χ0n) is 9.23. The molecule has 0 aromatic rings. The van der Waals surface area contributed by atoms with Crippen LogP contribution >= 0.6 is 0 Å². The van der Waals surface area contributed by atoms with Gasteiger partial charge in [0.1, 0.15) is 0 Å². The average molecular weight is 233 g/mol. The molecule has 4 nitrogen and oxygen atoms in total. The molecule has 1 aliphatic carbocycles. The molecule has 1 saturated carbocycles. The van der Waals surface area contributed by atoms with Crippen LogP contribution in [0.5, 0.6) is 0 Å². The first-order chi connectivity index (χ1) is 6.80. The van der Waals surface area contributed by atoms with Crippen LogP contribution in [0.4, 0.5) is 0 Å². The Morgan fingerprint density at radius 2 is 1.87 bits per heavy atom. The SMILES string of the molecule is CC(C)(NC1CS(=O)(=O)CC1O)C1CC1. The Bertz CT molecular complexity index is 346.